The molecular weight excluding hydrogens is 304 g/mol. The molecule has 4 nitrogen and oxygen atoms in total. The molecule has 0 saturated carbocycles. The van der Waals surface area contributed by atoms with Gasteiger partial charge in [-0.3, -0.25) is 4.98 Å². The van der Waals surface area contributed by atoms with Gasteiger partial charge in [-0.2, -0.15) is 0 Å². The summed E-state index contributed by atoms with van der Waals surface area (Å²) in [6.45, 7) is 4.46. The van der Waals surface area contributed by atoms with Gasteiger partial charge in [-0.25, -0.2) is 0 Å². The molecule has 1 aliphatic heterocycles. The van der Waals surface area contributed by atoms with Crippen LogP contribution in [0.25, 0.3) is 0 Å². The standard InChI is InChI=1S/C18H22N4S/c1-14(20-18(23)21-16-8-10-19-11-9-16)15-4-6-17(7-5-15)22-12-2-3-13-22/h4-11,14H,2-3,12-13H2,1H3,(H2,19,20,21,23). The zero-order valence-electron chi connectivity index (χ0n) is 13.3. The molecule has 23 heavy (non-hydrogen) atoms. The van der Waals surface area contributed by atoms with Gasteiger partial charge in [-0.1, -0.05) is 12.1 Å². The van der Waals surface area contributed by atoms with Gasteiger partial charge in [0.2, 0.25) is 0 Å². The van der Waals surface area contributed by atoms with Gasteiger partial charge in [0.15, 0.2) is 5.11 Å². The first-order valence-electron chi connectivity index (χ1n) is 8.05. The van der Waals surface area contributed by atoms with Crippen LogP contribution in [0.15, 0.2) is 48.8 Å². The average Bonchev–Trinajstić information content (AvgIpc) is 3.10. The number of anilines is 2. The maximum Gasteiger partial charge on any atom is 0.171 e. The first-order valence-corrected chi connectivity index (χ1v) is 8.45. The lowest BCUT2D eigenvalue weighted by Crippen LogP contribution is -2.30. The molecule has 0 spiro atoms. The summed E-state index contributed by atoms with van der Waals surface area (Å²) in [6, 6.07) is 12.7. The average molecular weight is 326 g/mol. The number of benzene rings is 1. The molecule has 1 saturated heterocycles. The molecule has 5 heteroatoms. The van der Waals surface area contributed by atoms with Crippen LogP contribution in [-0.2, 0) is 0 Å². The number of nitrogens with one attached hydrogen (secondary N) is 2. The molecule has 1 unspecified atom stereocenters. The predicted octanol–water partition coefficient (Wildman–Crippen LogP) is 3.73. The largest absolute Gasteiger partial charge is 0.372 e. The fourth-order valence-corrected chi connectivity index (χ4v) is 3.13. The van der Waals surface area contributed by atoms with Crippen molar-refractivity contribution >= 4 is 28.7 Å². The molecule has 2 N–H and O–H groups in total. The monoisotopic (exact) mass is 326 g/mol. The van der Waals surface area contributed by atoms with Crippen molar-refractivity contribution in [2.75, 3.05) is 23.3 Å². The molecule has 1 fully saturated rings. The van der Waals surface area contributed by atoms with Crippen LogP contribution in [0.5, 0.6) is 0 Å². The molecule has 1 aliphatic rings. The van der Waals surface area contributed by atoms with Gasteiger partial charge in [0.1, 0.15) is 0 Å². The molecule has 3 rings (SSSR count). The normalized spacial score (nSPS) is 15.3. The van der Waals surface area contributed by atoms with E-state index in [0.717, 1.165) is 5.69 Å². The Hall–Kier alpha value is -2.14. The highest BCUT2D eigenvalue weighted by Crippen LogP contribution is 2.22. The van der Waals surface area contributed by atoms with E-state index in [1.807, 2.05) is 12.1 Å². The van der Waals surface area contributed by atoms with E-state index in [0.29, 0.717) is 5.11 Å². The van der Waals surface area contributed by atoms with Gasteiger partial charge in [-0.05, 0) is 61.8 Å². The maximum atomic E-state index is 5.37. The van der Waals surface area contributed by atoms with Crippen molar-refractivity contribution in [1.82, 2.24) is 10.3 Å². The molecule has 1 aromatic carbocycles. The molecular formula is C18H22N4S. The van der Waals surface area contributed by atoms with E-state index in [-0.39, 0.29) is 6.04 Å². The second-order valence-electron chi connectivity index (χ2n) is 5.84. The van der Waals surface area contributed by atoms with Gasteiger partial charge in [0, 0.05) is 36.9 Å². The van der Waals surface area contributed by atoms with Gasteiger partial charge in [0.05, 0.1) is 6.04 Å². The molecule has 0 aliphatic carbocycles. The first kappa shape index (κ1) is 15.7. The molecule has 2 aromatic rings. The molecule has 0 amide bonds. The number of pyridine rings is 1. The highest BCUT2D eigenvalue weighted by atomic mass is 32.1. The van der Waals surface area contributed by atoms with Crippen molar-refractivity contribution in [2.24, 2.45) is 0 Å². The number of aromatic nitrogens is 1. The summed E-state index contributed by atoms with van der Waals surface area (Å²) >= 11 is 5.37. The molecule has 120 valence electrons. The first-order chi connectivity index (χ1) is 11.2. The van der Waals surface area contributed by atoms with Crippen LogP contribution < -0.4 is 15.5 Å². The summed E-state index contributed by atoms with van der Waals surface area (Å²) in [5, 5.41) is 7.11. The zero-order chi connectivity index (χ0) is 16.1. The summed E-state index contributed by atoms with van der Waals surface area (Å²) in [5.41, 5.74) is 3.48. The second-order valence-corrected chi connectivity index (χ2v) is 6.25. The molecule has 0 bridgehead atoms. The van der Waals surface area contributed by atoms with Crippen molar-refractivity contribution in [1.29, 1.82) is 0 Å². The van der Waals surface area contributed by atoms with Crippen LogP contribution in [0.1, 0.15) is 31.4 Å². The zero-order valence-corrected chi connectivity index (χ0v) is 14.1. The minimum absolute atomic E-state index is 0.157. The van der Waals surface area contributed by atoms with Gasteiger partial charge in [0.25, 0.3) is 0 Å². The van der Waals surface area contributed by atoms with Crippen LogP contribution in [-0.4, -0.2) is 23.2 Å². The van der Waals surface area contributed by atoms with Crippen LogP contribution >= 0.6 is 12.2 Å². The van der Waals surface area contributed by atoms with E-state index >= 15 is 0 Å². The van der Waals surface area contributed by atoms with E-state index in [1.165, 1.54) is 37.2 Å². The Kier molecular flexibility index (Phi) is 5.08. The van der Waals surface area contributed by atoms with Crippen molar-refractivity contribution < 1.29 is 0 Å². The summed E-state index contributed by atoms with van der Waals surface area (Å²) < 4.78 is 0. The van der Waals surface area contributed by atoms with Crippen LogP contribution in [0.3, 0.4) is 0 Å². The fraction of sp³-hybridized carbons (Fsp3) is 0.333. The van der Waals surface area contributed by atoms with Gasteiger partial charge in [-0.15, -0.1) is 0 Å². The van der Waals surface area contributed by atoms with Crippen molar-refractivity contribution in [2.45, 2.75) is 25.8 Å². The van der Waals surface area contributed by atoms with Crippen LogP contribution in [0.2, 0.25) is 0 Å². The predicted molar refractivity (Wildman–Crippen MR) is 99.9 cm³/mol. The topological polar surface area (TPSA) is 40.2 Å². The Morgan fingerprint density at radius 1 is 1.09 bits per heavy atom. The number of rotatable bonds is 4. The van der Waals surface area contributed by atoms with Crippen molar-refractivity contribution in [3.05, 3.63) is 54.4 Å². The van der Waals surface area contributed by atoms with E-state index < -0.39 is 0 Å². The second kappa shape index (κ2) is 7.42. The lowest BCUT2D eigenvalue weighted by atomic mass is 10.1. The van der Waals surface area contributed by atoms with Crippen molar-refractivity contribution in [3.63, 3.8) is 0 Å². The van der Waals surface area contributed by atoms with E-state index in [2.05, 4.69) is 51.7 Å². The van der Waals surface area contributed by atoms with E-state index in [9.17, 15) is 0 Å². The molecule has 2 heterocycles. The van der Waals surface area contributed by atoms with Crippen LogP contribution in [0.4, 0.5) is 11.4 Å². The van der Waals surface area contributed by atoms with E-state index in [4.69, 9.17) is 12.2 Å². The Balaban J connectivity index is 1.57. The Bertz CT molecular complexity index is 636. The lowest BCUT2D eigenvalue weighted by molar-refractivity contribution is 0.722. The third-order valence-corrected chi connectivity index (χ3v) is 4.37. The Morgan fingerprint density at radius 2 is 1.74 bits per heavy atom. The van der Waals surface area contributed by atoms with Crippen molar-refractivity contribution in [3.8, 4) is 0 Å². The third kappa shape index (κ3) is 4.20. The van der Waals surface area contributed by atoms with Crippen LogP contribution in [0, 0.1) is 0 Å². The van der Waals surface area contributed by atoms with Gasteiger partial charge >= 0.3 is 0 Å². The van der Waals surface area contributed by atoms with E-state index in [1.54, 1.807) is 12.4 Å². The SMILES string of the molecule is CC(NC(=S)Nc1ccncc1)c1ccc(N2CCCC2)cc1. The van der Waals surface area contributed by atoms with Gasteiger partial charge < -0.3 is 15.5 Å². The smallest absolute Gasteiger partial charge is 0.171 e. The molecule has 1 atom stereocenters. The fourth-order valence-electron chi connectivity index (χ4n) is 2.83. The molecule has 1 aromatic heterocycles. The number of nitrogens with zero attached hydrogens (tertiary/aromatic N) is 2. The minimum atomic E-state index is 0.157. The summed E-state index contributed by atoms with van der Waals surface area (Å²) in [4.78, 5) is 6.44. The summed E-state index contributed by atoms with van der Waals surface area (Å²) in [7, 11) is 0. The third-order valence-electron chi connectivity index (χ3n) is 4.15. The Labute approximate surface area is 142 Å². The minimum Gasteiger partial charge on any atom is -0.372 e. The number of hydrogen-bond acceptors (Lipinski definition) is 3. The quantitative estimate of drug-likeness (QED) is 0.838. The highest BCUT2D eigenvalue weighted by Gasteiger charge is 2.13. The lowest BCUT2D eigenvalue weighted by Gasteiger charge is -2.20. The summed E-state index contributed by atoms with van der Waals surface area (Å²) in [5.74, 6) is 0. The maximum absolute atomic E-state index is 5.37. The highest BCUT2D eigenvalue weighted by molar-refractivity contribution is 7.80. The number of thiocarbonyl (C=S) groups is 1. The molecule has 0 radical (unpaired) electrons. The summed E-state index contributed by atoms with van der Waals surface area (Å²) in [6.07, 6.45) is 6.08. The number of hydrogen-bond donors (Lipinski definition) is 2. The Morgan fingerprint density at radius 3 is 2.39 bits per heavy atom.